The molecule has 3 atom stereocenters. The van der Waals surface area contributed by atoms with E-state index in [1.54, 1.807) is 11.8 Å². The van der Waals surface area contributed by atoms with E-state index < -0.39 is 0 Å². The Hall–Kier alpha value is 0.0700. The summed E-state index contributed by atoms with van der Waals surface area (Å²) in [5, 5.41) is 0.182. The van der Waals surface area contributed by atoms with E-state index in [-0.39, 0.29) is 23.4 Å². The van der Waals surface area contributed by atoms with Crippen LogP contribution in [-0.2, 0) is 9.53 Å². The summed E-state index contributed by atoms with van der Waals surface area (Å²) in [5.74, 6) is 1.87. The van der Waals surface area contributed by atoms with Gasteiger partial charge in [-0.05, 0) is 25.5 Å². The number of carbonyl (C=O) groups is 1. The minimum absolute atomic E-state index is 0.000713. The van der Waals surface area contributed by atoms with E-state index in [0.29, 0.717) is 19.0 Å². The Morgan fingerprint density at radius 2 is 2.38 bits per heavy atom. The number of amides is 1. The molecule has 2 rings (SSSR count). The smallest absolute Gasteiger partial charge is 0.235 e. The third kappa shape index (κ3) is 2.84. The number of alkyl halides is 1. The van der Waals surface area contributed by atoms with E-state index in [1.165, 1.54) is 6.42 Å². The van der Waals surface area contributed by atoms with Crippen molar-refractivity contribution < 1.29 is 9.53 Å². The molecule has 0 aliphatic carbocycles. The molecule has 0 N–H and O–H groups in total. The molecule has 3 nitrogen and oxygen atoms in total. The van der Waals surface area contributed by atoms with Crippen molar-refractivity contribution in [3.63, 3.8) is 0 Å². The number of hydrogen-bond acceptors (Lipinski definition) is 3. The fourth-order valence-electron chi connectivity index (χ4n) is 2.29. The van der Waals surface area contributed by atoms with Gasteiger partial charge in [-0.1, -0.05) is 0 Å². The highest BCUT2D eigenvalue weighted by Crippen LogP contribution is 2.28. The third-order valence-electron chi connectivity index (χ3n) is 3.02. The summed E-state index contributed by atoms with van der Waals surface area (Å²) in [7, 11) is 0. The third-order valence-corrected chi connectivity index (χ3v) is 4.72. The Kier molecular flexibility index (Phi) is 4.39. The van der Waals surface area contributed by atoms with Crippen LogP contribution in [0.25, 0.3) is 0 Å². The molecule has 0 aromatic carbocycles. The van der Waals surface area contributed by atoms with Crippen molar-refractivity contribution in [3.8, 4) is 0 Å². The number of nitrogens with zero attached hydrogens (tertiary/aromatic N) is 1. The predicted octanol–water partition coefficient (Wildman–Crippen LogP) is 1.74. The lowest BCUT2D eigenvalue weighted by Crippen LogP contribution is -2.51. The molecular formula is C11H18ClNO2S. The van der Waals surface area contributed by atoms with Crippen molar-refractivity contribution in [3.05, 3.63) is 0 Å². The SMILES string of the molecule is CC1CN(C(=O)C2CCCS2)CC(CCl)O1. The van der Waals surface area contributed by atoms with Crippen LogP contribution in [0.3, 0.4) is 0 Å². The molecule has 2 saturated heterocycles. The van der Waals surface area contributed by atoms with Crippen LogP contribution in [-0.4, -0.2) is 53.0 Å². The van der Waals surface area contributed by atoms with Gasteiger partial charge in [0.15, 0.2) is 0 Å². The average molecular weight is 264 g/mol. The molecule has 0 bridgehead atoms. The summed E-state index contributed by atoms with van der Waals surface area (Å²) in [6.07, 6.45) is 2.30. The van der Waals surface area contributed by atoms with Gasteiger partial charge in [0.05, 0.1) is 23.3 Å². The minimum atomic E-state index is 0.000713. The van der Waals surface area contributed by atoms with E-state index in [4.69, 9.17) is 16.3 Å². The van der Waals surface area contributed by atoms with E-state index in [2.05, 4.69) is 0 Å². The molecule has 2 heterocycles. The molecule has 1 amide bonds. The molecule has 2 fully saturated rings. The molecule has 0 aromatic heterocycles. The van der Waals surface area contributed by atoms with Gasteiger partial charge >= 0.3 is 0 Å². The van der Waals surface area contributed by atoms with Crippen molar-refractivity contribution in [2.45, 2.75) is 37.2 Å². The Balaban J connectivity index is 1.94. The van der Waals surface area contributed by atoms with E-state index >= 15 is 0 Å². The van der Waals surface area contributed by atoms with Crippen LogP contribution in [0, 0.1) is 0 Å². The Morgan fingerprint density at radius 3 is 3.00 bits per heavy atom. The Labute approximate surface area is 106 Å². The number of thioether (sulfide) groups is 1. The van der Waals surface area contributed by atoms with Crippen LogP contribution >= 0.6 is 23.4 Å². The fourth-order valence-corrected chi connectivity index (χ4v) is 3.70. The van der Waals surface area contributed by atoms with Gasteiger partial charge in [-0.25, -0.2) is 0 Å². The molecule has 0 saturated carbocycles. The first-order valence-electron chi connectivity index (χ1n) is 5.82. The molecular weight excluding hydrogens is 246 g/mol. The number of hydrogen-bond donors (Lipinski definition) is 0. The lowest BCUT2D eigenvalue weighted by atomic mass is 10.2. The van der Waals surface area contributed by atoms with E-state index in [0.717, 1.165) is 12.2 Å². The van der Waals surface area contributed by atoms with Crippen molar-refractivity contribution in [1.29, 1.82) is 0 Å². The second kappa shape index (κ2) is 5.61. The zero-order chi connectivity index (χ0) is 11.5. The fraction of sp³-hybridized carbons (Fsp3) is 0.909. The average Bonchev–Trinajstić information content (AvgIpc) is 2.80. The standard InChI is InChI=1S/C11H18ClNO2S/c1-8-6-13(7-9(5-12)15-8)11(14)10-3-2-4-16-10/h8-10H,2-7H2,1H3. The molecule has 0 radical (unpaired) electrons. The van der Waals surface area contributed by atoms with Crippen molar-refractivity contribution in [2.75, 3.05) is 24.7 Å². The van der Waals surface area contributed by atoms with Crippen LogP contribution in [0.15, 0.2) is 0 Å². The highest BCUT2D eigenvalue weighted by Gasteiger charge is 2.33. The normalized spacial score (nSPS) is 35.4. The summed E-state index contributed by atoms with van der Waals surface area (Å²) in [6.45, 7) is 3.37. The maximum Gasteiger partial charge on any atom is 0.235 e. The van der Waals surface area contributed by atoms with Crippen LogP contribution < -0.4 is 0 Å². The number of carbonyl (C=O) groups excluding carboxylic acids is 1. The first-order valence-corrected chi connectivity index (χ1v) is 7.41. The summed E-state index contributed by atoms with van der Waals surface area (Å²) in [5.41, 5.74) is 0. The van der Waals surface area contributed by atoms with E-state index in [9.17, 15) is 4.79 Å². The van der Waals surface area contributed by atoms with Crippen molar-refractivity contribution >= 4 is 29.3 Å². The largest absolute Gasteiger partial charge is 0.370 e. The molecule has 16 heavy (non-hydrogen) atoms. The van der Waals surface area contributed by atoms with Crippen LogP contribution in [0.5, 0.6) is 0 Å². The Morgan fingerprint density at radius 1 is 1.56 bits per heavy atom. The molecule has 2 aliphatic rings. The van der Waals surface area contributed by atoms with Gasteiger partial charge in [0, 0.05) is 13.1 Å². The maximum absolute atomic E-state index is 12.2. The van der Waals surface area contributed by atoms with Gasteiger partial charge in [0.2, 0.25) is 5.91 Å². The second-order valence-corrected chi connectivity index (χ2v) is 6.09. The Bertz CT molecular complexity index is 258. The molecule has 3 unspecified atom stereocenters. The van der Waals surface area contributed by atoms with Gasteiger partial charge in [0.1, 0.15) is 0 Å². The number of morpholine rings is 1. The minimum Gasteiger partial charge on any atom is -0.370 e. The van der Waals surface area contributed by atoms with Crippen molar-refractivity contribution in [1.82, 2.24) is 4.90 Å². The topological polar surface area (TPSA) is 29.5 Å². The highest BCUT2D eigenvalue weighted by molar-refractivity contribution is 8.00. The molecule has 5 heteroatoms. The van der Waals surface area contributed by atoms with E-state index in [1.807, 2.05) is 11.8 Å². The lowest BCUT2D eigenvalue weighted by molar-refractivity contribution is -0.142. The highest BCUT2D eigenvalue weighted by atomic mass is 35.5. The zero-order valence-electron chi connectivity index (χ0n) is 9.52. The van der Waals surface area contributed by atoms with Crippen molar-refractivity contribution in [2.24, 2.45) is 0 Å². The van der Waals surface area contributed by atoms with Crippen LogP contribution in [0.4, 0.5) is 0 Å². The van der Waals surface area contributed by atoms with Crippen LogP contribution in [0.2, 0.25) is 0 Å². The summed E-state index contributed by atoms with van der Waals surface area (Å²) in [4.78, 5) is 14.1. The quantitative estimate of drug-likeness (QED) is 0.711. The van der Waals surface area contributed by atoms with Gasteiger partial charge < -0.3 is 9.64 Å². The summed E-state index contributed by atoms with van der Waals surface area (Å²) in [6, 6.07) is 0. The second-order valence-electron chi connectivity index (χ2n) is 4.47. The van der Waals surface area contributed by atoms with Gasteiger partial charge in [-0.3, -0.25) is 4.79 Å². The molecule has 0 spiro atoms. The summed E-state index contributed by atoms with van der Waals surface area (Å²) >= 11 is 7.60. The number of ether oxygens (including phenoxy) is 1. The van der Waals surface area contributed by atoms with Crippen LogP contribution in [0.1, 0.15) is 19.8 Å². The maximum atomic E-state index is 12.2. The molecule has 92 valence electrons. The first-order chi connectivity index (χ1) is 7.70. The first kappa shape index (κ1) is 12.5. The lowest BCUT2D eigenvalue weighted by Gasteiger charge is -2.37. The van der Waals surface area contributed by atoms with Gasteiger partial charge in [-0.2, -0.15) is 0 Å². The monoisotopic (exact) mass is 263 g/mol. The zero-order valence-corrected chi connectivity index (χ0v) is 11.1. The molecule has 0 aromatic rings. The van der Waals surface area contributed by atoms with Gasteiger partial charge in [-0.15, -0.1) is 23.4 Å². The number of rotatable bonds is 2. The predicted molar refractivity (Wildman–Crippen MR) is 67.1 cm³/mol. The number of halogens is 1. The summed E-state index contributed by atoms with van der Waals surface area (Å²) < 4.78 is 5.65. The molecule has 2 aliphatic heterocycles. The van der Waals surface area contributed by atoms with Gasteiger partial charge in [0.25, 0.3) is 0 Å².